The molecule has 0 bridgehead atoms. The second-order valence-electron chi connectivity index (χ2n) is 8.47. The fraction of sp³-hybridized carbons (Fsp3) is 0.172. The predicted molar refractivity (Wildman–Crippen MR) is 138 cm³/mol. The second kappa shape index (κ2) is 10.00. The van der Waals surface area contributed by atoms with Gasteiger partial charge in [-0.3, -0.25) is 0 Å². The van der Waals surface area contributed by atoms with E-state index in [1.165, 1.54) is 0 Å². The number of fused-ring (bicyclic) bond motifs is 3. The van der Waals surface area contributed by atoms with Gasteiger partial charge < -0.3 is 24.3 Å². The maximum Gasteiger partial charge on any atom is 0.338 e. The average molecular weight is 482 g/mol. The van der Waals surface area contributed by atoms with E-state index in [2.05, 4.69) is 16.0 Å². The van der Waals surface area contributed by atoms with Crippen molar-refractivity contribution < 1.29 is 19.1 Å². The van der Waals surface area contributed by atoms with Crippen LogP contribution in [-0.4, -0.2) is 35.2 Å². The van der Waals surface area contributed by atoms with Crippen LogP contribution in [0.2, 0.25) is 0 Å². The quantitative estimate of drug-likeness (QED) is 0.366. The minimum atomic E-state index is -0.425. The lowest BCUT2D eigenvalue weighted by Gasteiger charge is -2.31. The number of methoxy groups -OCH3 is 1. The van der Waals surface area contributed by atoms with Crippen molar-refractivity contribution in [1.82, 2.24) is 9.47 Å². The molecule has 0 unspecified atom stereocenters. The lowest BCUT2D eigenvalue weighted by molar-refractivity contribution is 0.0526. The zero-order valence-corrected chi connectivity index (χ0v) is 20.2. The molecule has 2 amide bonds. The van der Waals surface area contributed by atoms with Crippen molar-refractivity contribution in [2.45, 2.75) is 19.5 Å². The number of rotatable bonds is 5. The molecule has 7 heteroatoms. The van der Waals surface area contributed by atoms with Gasteiger partial charge in [-0.05, 0) is 66.6 Å². The van der Waals surface area contributed by atoms with Gasteiger partial charge >= 0.3 is 12.0 Å². The number of urea groups is 1. The minimum absolute atomic E-state index is 0.277. The number of esters is 1. The van der Waals surface area contributed by atoms with Crippen molar-refractivity contribution in [2.24, 2.45) is 0 Å². The Labute approximate surface area is 209 Å². The van der Waals surface area contributed by atoms with Crippen molar-refractivity contribution in [1.29, 1.82) is 0 Å². The number of amides is 2. The Morgan fingerprint density at radius 2 is 1.78 bits per heavy atom. The van der Waals surface area contributed by atoms with Crippen LogP contribution < -0.4 is 10.1 Å². The highest BCUT2D eigenvalue weighted by Crippen LogP contribution is 2.37. The SMILES string of the molecule is CCOC(=O)c1cccc(NC(=O)N2Cc3ccccc3-n3cccc3[C@@H]2c2ccc(OC)cc2)c1. The summed E-state index contributed by atoms with van der Waals surface area (Å²) < 4.78 is 12.6. The number of para-hydroxylation sites is 1. The van der Waals surface area contributed by atoms with E-state index in [0.717, 1.165) is 28.3 Å². The van der Waals surface area contributed by atoms with Crippen LogP contribution in [0.4, 0.5) is 10.5 Å². The standard InChI is InChI=1S/C29H27N3O4/c1-3-36-28(33)21-9-6-10-23(18-21)30-29(34)32-19-22-8-4-5-11-25(22)31-17-7-12-26(31)27(32)20-13-15-24(35-2)16-14-20/h4-18,27H,3,19H2,1-2H3,(H,30,34)/t27-/m0/s1. The molecular formula is C29H27N3O4. The Kier molecular flexibility index (Phi) is 6.45. The maximum absolute atomic E-state index is 13.8. The molecule has 1 atom stereocenters. The van der Waals surface area contributed by atoms with Crippen molar-refractivity contribution in [2.75, 3.05) is 19.0 Å². The van der Waals surface area contributed by atoms with E-state index in [0.29, 0.717) is 17.8 Å². The van der Waals surface area contributed by atoms with Crippen LogP contribution in [0.15, 0.2) is 91.1 Å². The lowest BCUT2D eigenvalue weighted by atomic mass is 10.0. The number of carbonyl (C=O) groups is 2. The number of nitrogens with zero attached hydrogens (tertiary/aromatic N) is 2. The normalized spacial score (nSPS) is 14.3. The molecule has 2 heterocycles. The molecule has 3 aromatic carbocycles. The summed E-state index contributed by atoms with van der Waals surface area (Å²) in [6.07, 6.45) is 2.02. The summed E-state index contributed by atoms with van der Waals surface area (Å²) in [5.41, 5.74) is 4.90. The first kappa shape index (κ1) is 23.2. The molecule has 0 spiro atoms. The van der Waals surface area contributed by atoms with E-state index in [1.807, 2.05) is 65.7 Å². The second-order valence-corrected chi connectivity index (χ2v) is 8.47. The molecule has 0 radical (unpaired) electrons. The molecule has 1 aliphatic rings. The average Bonchev–Trinajstić information content (AvgIpc) is 3.33. The number of anilines is 1. The molecule has 0 saturated carbocycles. The summed E-state index contributed by atoms with van der Waals surface area (Å²) >= 11 is 0. The summed E-state index contributed by atoms with van der Waals surface area (Å²) in [4.78, 5) is 27.9. The zero-order chi connectivity index (χ0) is 25.1. The molecule has 5 rings (SSSR count). The molecule has 182 valence electrons. The highest BCUT2D eigenvalue weighted by Gasteiger charge is 2.33. The van der Waals surface area contributed by atoms with Gasteiger partial charge in [0, 0.05) is 17.6 Å². The molecule has 0 saturated heterocycles. The van der Waals surface area contributed by atoms with Gasteiger partial charge in [0.15, 0.2) is 0 Å². The van der Waals surface area contributed by atoms with E-state index in [9.17, 15) is 9.59 Å². The Bertz CT molecular complexity index is 1390. The van der Waals surface area contributed by atoms with Gasteiger partial charge in [-0.2, -0.15) is 0 Å². The van der Waals surface area contributed by atoms with Crippen molar-refractivity contribution >= 4 is 17.7 Å². The molecule has 1 N–H and O–H groups in total. The lowest BCUT2D eigenvalue weighted by Crippen LogP contribution is -2.38. The fourth-order valence-corrected chi connectivity index (χ4v) is 4.61. The molecule has 1 aliphatic heterocycles. The molecular weight excluding hydrogens is 454 g/mol. The highest BCUT2D eigenvalue weighted by atomic mass is 16.5. The third-order valence-corrected chi connectivity index (χ3v) is 6.28. The van der Waals surface area contributed by atoms with Crippen LogP contribution in [0.5, 0.6) is 5.75 Å². The van der Waals surface area contributed by atoms with Crippen molar-refractivity contribution in [3.8, 4) is 11.4 Å². The molecule has 4 aromatic rings. The van der Waals surface area contributed by atoms with Gasteiger partial charge in [0.1, 0.15) is 5.75 Å². The molecule has 1 aromatic heterocycles. The van der Waals surface area contributed by atoms with E-state index in [1.54, 1.807) is 38.3 Å². The third-order valence-electron chi connectivity index (χ3n) is 6.28. The van der Waals surface area contributed by atoms with Crippen molar-refractivity contribution in [3.05, 3.63) is 114 Å². The van der Waals surface area contributed by atoms with Crippen molar-refractivity contribution in [3.63, 3.8) is 0 Å². The third kappa shape index (κ3) is 4.43. The molecule has 36 heavy (non-hydrogen) atoms. The number of nitrogens with one attached hydrogen (secondary N) is 1. The number of ether oxygens (including phenoxy) is 2. The smallest absolute Gasteiger partial charge is 0.338 e. The number of carbonyl (C=O) groups excluding carboxylic acids is 2. The van der Waals surface area contributed by atoms with E-state index >= 15 is 0 Å². The largest absolute Gasteiger partial charge is 0.497 e. The van der Waals surface area contributed by atoms with Gasteiger partial charge in [0.05, 0.1) is 37.6 Å². The Morgan fingerprint density at radius 1 is 0.972 bits per heavy atom. The topological polar surface area (TPSA) is 72.8 Å². The first-order valence-electron chi connectivity index (χ1n) is 11.8. The molecule has 0 aliphatic carbocycles. The minimum Gasteiger partial charge on any atom is -0.497 e. The van der Waals surface area contributed by atoms with Gasteiger partial charge in [-0.1, -0.05) is 36.4 Å². The van der Waals surface area contributed by atoms with Gasteiger partial charge in [-0.15, -0.1) is 0 Å². The summed E-state index contributed by atoms with van der Waals surface area (Å²) in [5.74, 6) is 0.323. The van der Waals surface area contributed by atoms with Crippen LogP contribution >= 0.6 is 0 Å². The monoisotopic (exact) mass is 481 g/mol. The predicted octanol–water partition coefficient (Wildman–Crippen LogP) is 5.80. The van der Waals surface area contributed by atoms with Gasteiger partial charge in [-0.25, -0.2) is 9.59 Å². The van der Waals surface area contributed by atoms with Gasteiger partial charge in [0.25, 0.3) is 0 Å². The van der Waals surface area contributed by atoms with E-state index in [-0.39, 0.29) is 18.7 Å². The summed E-state index contributed by atoms with van der Waals surface area (Å²) in [6, 6.07) is 26.1. The van der Waals surface area contributed by atoms with Gasteiger partial charge in [0.2, 0.25) is 0 Å². The van der Waals surface area contributed by atoms with Crippen LogP contribution in [0.25, 0.3) is 5.69 Å². The number of aromatic nitrogens is 1. The van der Waals surface area contributed by atoms with Crippen LogP contribution in [0, 0.1) is 0 Å². The Morgan fingerprint density at radius 3 is 2.56 bits per heavy atom. The van der Waals surface area contributed by atoms with Crippen LogP contribution in [0.3, 0.4) is 0 Å². The molecule has 7 nitrogen and oxygen atoms in total. The number of benzene rings is 3. The fourth-order valence-electron chi connectivity index (χ4n) is 4.61. The number of hydrogen-bond acceptors (Lipinski definition) is 4. The van der Waals surface area contributed by atoms with Crippen LogP contribution in [0.1, 0.15) is 40.1 Å². The first-order valence-corrected chi connectivity index (χ1v) is 11.8. The molecule has 0 fully saturated rings. The summed E-state index contributed by atoms with van der Waals surface area (Å²) in [6.45, 7) is 2.44. The van der Waals surface area contributed by atoms with E-state index < -0.39 is 5.97 Å². The zero-order valence-electron chi connectivity index (χ0n) is 20.2. The Hall–Kier alpha value is -4.52. The first-order chi connectivity index (χ1) is 17.6. The van der Waals surface area contributed by atoms with E-state index in [4.69, 9.17) is 9.47 Å². The number of hydrogen-bond donors (Lipinski definition) is 1. The summed E-state index contributed by atoms with van der Waals surface area (Å²) in [5, 5.41) is 3.00. The van der Waals surface area contributed by atoms with Crippen LogP contribution in [-0.2, 0) is 11.3 Å². The Balaban J connectivity index is 1.55. The highest BCUT2D eigenvalue weighted by molar-refractivity contribution is 5.94. The summed E-state index contributed by atoms with van der Waals surface area (Å²) in [7, 11) is 1.63. The maximum atomic E-state index is 13.8.